The third-order valence-electron chi connectivity index (χ3n) is 6.28. The maximum Gasteiger partial charge on any atom is 0.283 e. The Morgan fingerprint density at radius 2 is 1.32 bits per heavy atom. The van der Waals surface area contributed by atoms with Crippen LogP contribution >= 0.6 is 11.6 Å². The highest BCUT2D eigenvalue weighted by atomic mass is 35.5. The summed E-state index contributed by atoms with van der Waals surface area (Å²) in [5.74, 6) is -0.862. The number of carbonyl (C=O) groups excluding carboxylic acids is 3. The number of benzene rings is 4. The predicted molar refractivity (Wildman–Crippen MR) is 159 cm³/mol. The van der Waals surface area contributed by atoms with Gasteiger partial charge in [0.05, 0.1) is 19.9 Å². The Bertz CT molecular complexity index is 1640. The summed E-state index contributed by atoms with van der Waals surface area (Å²) in [5, 5.41) is 8.79. The van der Waals surface area contributed by atoms with Crippen molar-refractivity contribution in [3.8, 4) is 11.5 Å². The summed E-state index contributed by atoms with van der Waals surface area (Å²) in [6.45, 7) is 0. The fourth-order valence-corrected chi connectivity index (χ4v) is 4.39. The zero-order chi connectivity index (χ0) is 28.9. The lowest BCUT2D eigenvalue weighted by Gasteiger charge is -2.18. The highest BCUT2D eigenvalue weighted by molar-refractivity contribution is 6.53. The van der Waals surface area contributed by atoms with Gasteiger partial charge in [0.15, 0.2) is 0 Å². The number of ether oxygens (including phenoxy) is 2. The predicted octanol–water partition coefficient (Wildman–Crippen LogP) is 6.14. The van der Waals surface area contributed by atoms with E-state index in [-0.39, 0.29) is 28.1 Å². The van der Waals surface area contributed by atoms with Crippen molar-refractivity contribution in [3.05, 3.63) is 113 Å². The van der Waals surface area contributed by atoms with E-state index in [2.05, 4.69) is 16.0 Å². The Labute approximate surface area is 241 Å². The first-order valence-electron chi connectivity index (χ1n) is 12.5. The summed E-state index contributed by atoms with van der Waals surface area (Å²) < 4.78 is 10.5. The smallest absolute Gasteiger partial charge is 0.283 e. The van der Waals surface area contributed by atoms with Crippen molar-refractivity contribution >= 4 is 57.8 Å². The van der Waals surface area contributed by atoms with E-state index in [1.54, 1.807) is 54.6 Å². The highest BCUT2D eigenvalue weighted by Crippen LogP contribution is 2.37. The molecule has 3 N–H and O–H groups in total. The maximum atomic E-state index is 13.2. The molecule has 0 aliphatic carbocycles. The van der Waals surface area contributed by atoms with Crippen LogP contribution in [-0.2, 0) is 9.59 Å². The molecule has 206 valence electrons. The minimum absolute atomic E-state index is 0.0871. The van der Waals surface area contributed by atoms with Crippen molar-refractivity contribution in [2.24, 2.45) is 0 Å². The second-order valence-corrected chi connectivity index (χ2v) is 9.28. The van der Waals surface area contributed by atoms with Crippen LogP contribution in [0.25, 0.3) is 0 Å². The average molecular weight is 569 g/mol. The Morgan fingerprint density at radius 1 is 0.707 bits per heavy atom. The summed E-state index contributed by atoms with van der Waals surface area (Å²) in [6, 6.07) is 28.3. The number of methoxy groups -OCH3 is 2. The molecule has 41 heavy (non-hydrogen) atoms. The van der Waals surface area contributed by atoms with Gasteiger partial charge in [-0.05, 0) is 72.8 Å². The van der Waals surface area contributed by atoms with Crippen molar-refractivity contribution in [1.29, 1.82) is 0 Å². The van der Waals surface area contributed by atoms with Gasteiger partial charge < -0.3 is 25.4 Å². The van der Waals surface area contributed by atoms with Gasteiger partial charge in [0.1, 0.15) is 22.2 Å². The minimum Gasteiger partial charge on any atom is -0.497 e. The molecule has 1 aliphatic heterocycles. The van der Waals surface area contributed by atoms with E-state index in [0.717, 1.165) is 16.3 Å². The van der Waals surface area contributed by atoms with Crippen LogP contribution in [0.2, 0.25) is 0 Å². The summed E-state index contributed by atoms with van der Waals surface area (Å²) in [5.41, 5.74) is 3.51. The van der Waals surface area contributed by atoms with Crippen LogP contribution in [-0.4, -0.2) is 31.9 Å². The quantitative estimate of drug-likeness (QED) is 0.208. The first-order chi connectivity index (χ1) is 19.9. The number of rotatable bonds is 9. The minimum atomic E-state index is -0.691. The van der Waals surface area contributed by atoms with Crippen LogP contribution < -0.4 is 30.3 Å². The SMILES string of the molecule is COc1ccc(N2C(=O)C(Cl)=C(Nc3ccc(C(=O)Nc4ccc(Nc5ccccc5)cc4)cc3)C2=O)c(OC)c1. The van der Waals surface area contributed by atoms with Crippen molar-refractivity contribution in [1.82, 2.24) is 0 Å². The second kappa shape index (κ2) is 11.8. The van der Waals surface area contributed by atoms with Gasteiger partial charge in [-0.15, -0.1) is 0 Å². The van der Waals surface area contributed by atoms with Crippen LogP contribution in [0.15, 0.2) is 108 Å². The molecule has 0 fully saturated rings. The maximum absolute atomic E-state index is 13.2. The molecule has 4 aromatic rings. The van der Waals surface area contributed by atoms with Crippen molar-refractivity contribution in [2.45, 2.75) is 0 Å². The van der Waals surface area contributed by atoms with E-state index in [4.69, 9.17) is 21.1 Å². The number of amides is 3. The zero-order valence-electron chi connectivity index (χ0n) is 22.1. The van der Waals surface area contributed by atoms with Crippen molar-refractivity contribution in [3.63, 3.8) is 0 Å². The van der Waals surface area contributed by atoms with E-state index >= 15 is 0 Å². The molecule has 10 heteroatoms. The van der Waals surface area contributed by atoms with Crippen molar-refractivity contribution < 1.29 is 23.9 Å². The Balaban J connectivity index is 1.24. The highest BCUT2D eigenvalue weighted by Gasteiger charge is 2.40. The fraction of sp³-hybridized carbons (Fsp3) is 0.0645. The molecule has 0 saturated carbocycles. The van der Waals surface area contributed by atoms with E-state index in [1.165, 1.54) is 14.2 Å². The standard InChI is InChI=1S/C31H25ClN4O5/c1-40-24-16-17-25(26(18-24)41-2)36-30(38)27(32)28(31(36)39)34-22-10-8-19(9-11-22)29(37)35-23-14-12-21(13-15-23)33-20-6-4-3-5-7-20/h3-18,33-34H,1-2H3,(H,35,37). The first-order valence-corrected chi connectivity index (χ1v) is 12.9. The molecule has 4 aromatic carbocycles. The lowest BCUT2D eigenvalue weighted by atomic mass is 10.1. The molecule has 3 amide bonds. The number of imide groups is 1. The molecule has 0 atom stereocenters. The molecule has 0 spiro atoms. The zero-order valence-corrected chi connectivity index (χ0v) is 22.9. The molecule has 0 saturated heterocycles. The Kier molecular flexibility index (Phi) is 7.89. The molecule has 0 radical (unpaired) electrons. The molecule has 0 bridgehead atoms. The van der Waals surface area contributed by atoms with E-state index < -0.39 is 11.8 Å². The van der Waals surface area contributed by atoms with E-state index in [0.29, 0.717) is 22.7 Å². The van der Waals surface area contributed by atoms with Gasteiger partial charge >= 0.3 is 0 Å². The van der Waals surface area contributed by atoms with Gasteiger partial charge in [0, 0.05) is 34.4 Å². The van der Waals surface area contributed by atoms with Gasteiger partial charge in [-0.3, -0.25) is 14.4 Å². The summed E-state index contributed by atoms with van der Waals surface area (Å²) in [4.78, 5) is 39.8. The number of nitrogens with one attached hydrogen (secondary N) is 3. The van der Waals surface area contributed by atoms with Gasteiger partial charge in [-0.2, -0.15) is 0 Å². The van der Waals surface area contributed by atoms with Crippen LogP contribution in [0.1, 0.15) is 10.4 Å². The monoisotopic (exact) mass is 568 g/mol. The van der Waals surface area contributed by atoms with Gasteiger partial charge in [0.2, 0.25) is 0 Å². The van der Waals surface area contributed by atoms with Crippen LogP contribution in [0, 0.1) is 0 Å². The van der Waals surface area contributed by atoms with Crippen LogP contribution in [0.5, 0.6) is 11.5 Å². The number of para-hydroxylation sites is 1. The average Bonchev–Trinajstić information content (AvgIpc) is 3.21. The molecular weight excluding hydrogens is 544 g/mol. The molecule has 5 rings (SSSR count). The fourth-order valence-electron chi connectivity index (χ4n) is 4.18. The van der Waals surface area contributed by atoms with Crippen LogP contribution in [0.3, 0.4) is 0 Å². The molecule has 1 aliphatic rings. The Morgan fingerprint density at radius 3 is 1.98 bits per heavy atom. The summed E-state index contributed by atoms with van der Waals surface area (Å²) in [6.07, 6.45) is 0. The molecular formula is C31H25ClN4O5. The summed E-state index contributed by atoms with van der Waals surface area (Å²) in [7, 11) is 2.92. The molecule has 0 unspecified atom stereocenters. The lowest BCUT2D eigenvalue weighted by molar-refractivity contribution is -0.120. The van der Waals surface area contributed by atoms with Gasteiger partial charge in [-0.1, -0.05) is 29.8 Å². The second-order valence-electron chi connectivity index (χ2n) is 8.90. The molecule has 1 heterocycles. The van der Waals surface area contributed by atoms with Crippen LogP contribution in [0.4, 0.5) is 28.4 Å². The largest absolute Gasteiger partial charge is 0.497 e. The number of anilines is 5. The first kappa shape index (κ1) is 27.3. The number of hydrogen-bond acceptors (Lipinski definition) is 7. The topological polar surface area (TPSA) is 109 Å². The normalized spacial score (nSPS) is 12.8. The number of nitrogens with zero attached hydrogens (tertiary/aromatic N) is 1. The molecule has 0 aromatic heterocycles. The summed E-state index contributed by atoms with van der Waals surface area (Å²) >= 11 is 6.27. The van der Waals surface area contributed by atoms with Crippen molar-refractivity contribution in [2.75, 3.05) is 35.1 Å². The third-order valence-corrected chi connectivity index (χ3v) is 6.63. The van der Waals surface area contributed by atoms with Gasteiger partial charge in [-0.25, -0.2) is 4.90 Å². The lowest BCUT2D eigenvalue weighted by Crippen LogP contribution is -2.32. The number of halogens is 1. The molecule has 9 nitrogen and oxygen atoms in total. The third kappa shape index (κ3) is 5.85. The van der Waals surface area contributed by atoms with E-state index in [1.807, 2.05) is 42.5 Å². The Hall–Kier alpha value is -5.28. The van der Waals surface area contributed by atoms with Gasteiger partial charge in [0.25, 0.3) is 17.7 Å². The number of hydrogen-bond donors (Lipinski definition) is 3. The van der Waals surface area contributed by atoms with E-state index in [9.17, 15) is 14.4 Å². The number of carbonyl (C=O) groups is 3.